The normalized spacial score (nSPS) is 15.0. The van der Waals surface area contributed by atoms with Crippen LogP contribution < -0.4 is 10.2 Å². The van der Waals surface area contributed by atoms with Crippen molar-refractivity contribution < 1.29 is 0 Å². The predicted molar refractivity (Wildman–Crippen MR) is 99.4 cm³/mol. The highest BCUT2D eigenvalue weighted by Crippen LogP contribution is 2.33. The highest BCUT2D eigenvalue weighted by molar-refractivity contribution is 6.01. The molecule has 0 saturated carbocycles. The topological polar surface area (TPSA) is 41.1 Å². The van der Waals surface area contributed by atoms with E-state index in [1.165, 1.54) is 16.3 Å². The molecule has 1 aromatic carbocycles. The van der Waals surface area contributed by atoms with Crippen LogP contribution in [0.5, 0.6) is 0 Å². The van der Waals surface area contributed by atoms with Gasteiger partial charge in [-0.25, -0.2) is 4.98 Å². The first-order valence-corrected chi connectivity index (χ1v) is 8.65. The number of fused-ring (bicyclic) bond motifs is 1. The highest BCUT2D eigenvalue weighted by Gasteiger charge is 2.17. The first-order valence-electron chi connectivity index (χ1n) is 8.65. The molecule has 0 amide bonds. The number of anilines is 1. The number of pyridine rings is 2. The number of hydrogen-bond donors (Lipinski definition) is 1. The molecule has 0 radical (unpaired) electrons. The Bertz CT molecular complexity index is 839. The van der Waals surface area contributed by atoms with Crippen LogP contribution in [0.25, 0.3) is 22.0 Å². The average Bonchev–Trinajstić information content (AvgIpc) is 2.68. The largest absolute Gasteiger partial charge is 0.354 e. The van der Waals surface area contributed by atoms with Crippen molar-refractivity contribution in [1.29, 1.82) is 0 Å². The molecule has 1 aliphatic heterocycles. The van der Waals surface area contributed by atoms with E-state index in [0.29, 0.717) is 0 Å². The third-order valence-electron chi connectivity index (χ3n) is 4.70. The molecule has 1 aliphatic rings. The first-order chi connectivity index (χ1) is 11.9. The number of hydrogen-bond acceptors (Lipinski definition) is 4. The zero-order valence-electron chi connectivity index (χ0n) is 14.0. The van der Waals surface area contributed by atoms with Crippen LogP contribution in [0.2, 0.25) is 0 Å². The maximum Gasteiger partial charge on any atom is 0.136 e. The summed E-state index contributed by atoms with van der Waals surface area (Å²) in [5.41, 5.74) is 3.43. The van der Waals surface area contributed by atoms with Crippen molar-refractivity contribution in [2.24, 2.45) is 0 Å². The van der Waals surface area contributed by atoms with E-state index in [0.717, 1.165) is 49.7 Å². The van der Waals surface area contributed by atoms with E-state index in [2.05, 4.69) is 46.4 Å². The van der Waals surface area contributed by atoms with Gasteiger partial charge in [-0.15, -0.1) is 0 Å². The van der Waals surface area contributed by atoms with Gasteiger partial charge in [0.1, 0.15) is 5.82 Å². The molecular weight excluding hydrogens is 296 g/mol. The molecule has 3 aromatic rings. The summed E-state index contributed by atoms with van der Waals surface area (Å²) < 4.78 is 0. The Labute approximate surface area is 142 Å². The second kappa shape index (κ2) is 6.57. The van der Waals surface area contributed by atoms with Crippen molar-refractivity contribution in [2.45, 2.75) is 13.3 Å². The number of rotatable bonds is 3. The molecule has 4 nitrogen and oxygen atoms in total. The van der Waals surface area contributed by atoms with Crippen LogP contribution in [0, 0.1) is 0 Å². The summed E-state index contributed by atoms with van der Waals surface area (Å²) in [4.78, 5) is 11.8. The van der Waals surface area contributed by atoms with Crippen molar-refractivity contribution in [3.8, 4) is 11.3 Å². The lowest BCUT2D eigenvalue weighted by molar-refractivity contribution is 0.586. The fourth-order valence-electron chi connectivity index (χ4n) is 3.35. The molecule has 3 heterocycles. The molecule has 24 heavy (non-hydrogen) atoms. The van der Waals surface area contributed by atoms with Crippen LogP contribution in [0.4, 0.5) is 5.82 Å². The van der Waals surface area contributed by atoms with Crippen molar-refractivity contribution >= 4 is 16.6 Å². The number of nitrogens with one attached hydrogen (secondary N) is 1. The fraction of sp³-hybridized carbons (Fsp3) is 0.300. The van der Waals surface area contributed by atoms with E-state index in [4.69, 9.17) is 4.98 Å². The van der Waals surface area contributed by atoms with Crippen molar-refractivity contribution in [3.05, 3.63) is 54.4 Å². The van der Waals surface area contributed by atoms with Gasteiger partial charge < -0.3 is 10.2 Å². The van der Waals surface area contributed by atoms with Gasteiger partial charge in [0.05, 0.1) is 5.69 Å². The summed E-state index contributed by atoms with van der Waals surface area (Å²) >= 11 is 0. The monoisotopic (exact) mass is 318 g/mol. The Hall–Kier alpha value is -2.46. The van der Waals surface area contributed by atoms with Crippen molar-refractivity contribution in [1.82, 2.24) is 15.3 Å². The van der Waals surface area contributed by atoms with E-state index >= 15 is 0 Å². The molecule has 2 aromatic heterocycles. The lowest BCUT2D eigenvalue weighted by Crippen LogP contribution is -2.44. The second-order valence-corrected chi connectivity index (χ2v) is 6.18. The summed E-state index contributed by atoms with van der Waals surface area (Å²) in [6.07, 6.45) is 4.85. The molecule has 0 atom stereocenters. The molecule has 4 heteroatoms. The highest BCUT2D eigenvalue weighted by atomic mass is 15.2. The summed E-state index contributed by atoms with van der Waals surface area (Å²) in [7, 11) is 0. The van der Waals surface area contributed by atoms with Gasteiger partial charge in [0.2, 0.25) is 0 Å². The minimum absolute atomic E-state index is 0.978. The van der Waals surface area contributed by atoms with Crippen LogP contribution in [0.15, 0.2) is 48.8 Å². The molecular formula is C20H22N4. The van der Waals surface area contributed by atoms with Gasteiger partial charge in [-0.2, -0.15) is 0 Å². The standard InChI is InChI=1S/C20H22N4/c1-2-15-6-7-16-17(13-15)20(24-11-9-21-10-12-24)23-14-18(16)19-5-3-4-8-22-19/h3-8,13-14,21H,2,9-12H2,1H3. The zero-order valence-corrected chi connectivity index (χ0v) is 14.0. The SMILES string of the molecule is CCc1ccc2c(-c3ccccn3)cnc(N3CCNCC3)c2c1. The Balaban J connectivity index is 1.91. The number of piperazine rings is 1. The smallest absolute Gasteiger partial charge is 0.136 e. The first kappa shape index (κ1) is 15.1. The lowest BCUT2D eigenvalue weighted by Gasteiger charge is -2.29. The minimum Gasteiger partial charge on any atom is -0.354 e. The fourth-order valence-corrected chi connectivity index (χ4v) is 3.35. The number of aryl methyl sites for hydroxylation is 1. The van der Waals surface area contributed by atoms with Gasteiger partial charge >= 0.3 is 0 Å². The van der Waals surface area contributed by atoms with E-state index in [-0.39, 0.29) is 0 Å². The minimum atomic E-state index is 0.978. The second-order valence-electron chi connectivity index (χ2n) is 6.18. The number of benzene rings is 1. The predicted octanol–water partition coefficient (Wildman–Crippen LogP) is 3.27. The van der Waals surface area contributed by atoms with Gasteiger partial charge in [0.25, 0.3) is 0 Å². The molecule has 1 saturated heterocycles. The third kappa shape index (κ3) is 2.74. The molecule has 122 valence electrons. The summed E-state index contributed by atoms with van der Waals surface area (Å²) in [5.74, 6) is 1.10. The van der Waals surface area contributed by atoms with E-state index in [1.54, 1.807) is 0 Å². The van der Waals surface area contributed by atoms with Crippen LogP contribution in [-0.2, 0) is 6.42 Å². The molecule has 0 aliphatic carbocycles. The van der Waals surface area contributed by atoms with Crippen LogP contribution in [0.1, 0.15) is 12.5 Å². The van der Waals surface area contributed by atoms with Crippen molar-refractivity contribution in [3.63, 3.8) is 0 Å². The quantitative estimate of drug-likeness (QED) is 0.805. The zero-order chi connectivity index (χ0) is 16.4. The summed E-state index contributed by atoms with van der Waals surface area (Å²) in [6.45, 7) is 6.22. The molecule has 4 rings (SSSR count). The number of aromatic nitrogens is 2. The Morgan fingerprint density at radius 2 is 1.92 bits per heavy atom. The van der Waals surface area contributed by atoms with Gasteiger partial charge in [0.15, 0.2) is 0 Å². The van der Waals surface area contributed by atoms with E-state index < -0.39 is 0 Å². The van der Waals surface area contributed by atoms with E-state index in [9.17, 15) is 0 Å². The summed E-state index contributed by atoms with van der Waals surface area (Å²) in [6, 6.07) is 12.8. The lowest BCUT2D eigenvalue weighted by atomic mass is 10.0. The Morgan fingerprint density at radius 3 is 2.67 bits per heavy atom. The van der Waals surface area contributed by atoms with Crippen molar-refractivity contribution in [2.75, 3.05) is 31.1 Å². The van der Waals surface area contributed by atoms with Crippen LogP contribution in [-0.4, -0.2) is 36.1 Å². The molecule has 0 bridgehead atoms. The van der Waals surface area contributed by atoms with Gasteiger partial charge in [-0.1, -0.05) is 25.1 Å². The Kier molecular flexibility index (Phi) is 4.13. The maximum atomic E-state index is 4.84. The van der Waals surface area contributed by atoms with Gasteiger partial charge in [0, 0.05) is 49.5 Å². The van der Waals surface area contributed by atoms with Crippen LogP contribution >= 0.6 is 0 Å². The average molecular weight is 318 g/mol. The number of nitrogens with zero attached hydrogens (tertiary/aromatic N) is 3. The Morgan fingerprint density at radius 1 is 1.04 bits per heavy atom. The molecule has 0 unspecified atom stereocenters. The van der Waals surface area contributed by atoms with E-state index in [1.807, 2.05) is 24.5 Å². The maximum absolute atomic E-state index is 4.84. The van der Waals surface area contributed by atoms with Gasteiger partial charge in [-0.3, -0.25) is 4.98 Å². The van der Waals surface area contributed by atoms with Gasteiger partial charge in [-0.05, 0) is 35.6 Å². The molecule has 1 N–H and O–H groups in total. The third-order valence-corrected chi connectivity index (χ3v) is 4.70. The molecule has 1 fully saturated rings. The van der Waals surface area contributed by atoms with Crippen LogP contribution in [0.3, 0.4) is 0 Å². The molecule has 0 spiro atoms. The summed E-state index contributed by atoms with van der Waals surface area (Å²) in [5, 5.41) is 5.88.